The summed E-state index contributed by atoms with van der Waals surface area (Å²) in [5, 5.41) is 11.9. The number of hydrogen-bond donors (Lipinski definition) is 2. The number of amides is 2. The van der Waals surface area contributed by atoms with Gasteiger partial charge in [0.1, 0.15) is 0 Å². The van der Waals surface area contributed by atoms with E-state index in [1.165, 1.54) is 12.8 Å². The van der Waals surface area contributed by atoms with Crippen LogP contribution < -0.4 is 5.32 Å². The van der Waals surface area contributed by atoms with E-state index < -0.39 is 11.4 Å². The third kappa shape index (κ3) is 2.61. The average molecular weight is 281 g/mol. The van der Waals surface area contributed by atoms with Gasteiger partial charge in [-0.1, -0.05) is 0 Å². The molecule has 0 aromatic heterocycles. The fourth-order valence-electron chi connectivity index (χ4n) is 3.30. The second-order valence-corrected chi connectivity index (χ2v) is 6.38. The van der Waals surface area contributed by atoms with E-state index in [1.807, 2.05) is 4.90 Å². The minimum atomic E-state index is -0.783. The first-order chi connectivity index (χ1) is 9.61. The number of urea groups is 1. The van der Waals surface area contributed by atoms with Crippen LogP contribution in [0.25, 0.3) is 0 Å². The lowest BCUT2D eigenvalue weighted by molar-refractivity contribution is -0.143. The molecule has 1 saturated carbocycles. The Hall–Kier alpha value is -1.30. The smallest absolute Gasteiger partial charge is 0.317 e. The third-order valence-corrected chi connectivity index (χ3v) is 4.99. The molecule has 0 bridgehead atoms. The van der Waals surface area contributed by atoms with Crippen LogP contribution in [0.15, 0.2) is 0 Å². The Balaban J connectivity index is 1.45. The Labute approximate surface area is 119 Å². The van der Waals surface area contributed by atoms with Gasteiger partial charge in [0.15, 0.2) is 0 Å². The predicted octanol–water partition coefficient (Wildman–Crippen LogP) is 0.731. The van der Waals surface area contributed by atoms with Gasteiger partial charge in [-0.15, -0.1) is 0 Å². The molecule has 0 aromatic rings. The zero-order valence-corrected chi connectivity index (χ0v) is 11.8. The summed E-state index contributed by atoms with van der Waals surface area (Å²) in [4.78, 5) is 27.5. The Morgan fingerprint density at radius 1 is 1.20 bits per heavy atom. The molecule has 2 saturated heterocycles. The Bertz CT molecular complexity index is 402. The summed E-state index contributed by atoms with van der Waals surface area (Å²) in [5.41, 5.74) is -0.677. The van der Waals surface area contributed by atoms with Gasteiger partial charge in [-0.2, -0.15) is 0 Å². The van der Waals surface area contributed by atoms with Crippen LogP contribution in [0.3, 0.4) is 0 Å². The van der Waals surface area contributed by atoms with Crippen molar-refractivity contribution in [3.8, 4) is 0 Å². The monoisotopic (exact) mass is 281 g/mol. The van der Waals surface area contributed by atoms with Crippen LogP contribution in [0, 0.1) is 5.41 Å². The van der Waals surface area contributed by atoms with Crippen molar-refractivity contribution in [2.24, 2.45) is 5.41 Å². The molecule has 2 aliphatic heterocycles. The van der Waals surface area contributed by atoms with Gasteiger partial charge in [-0.05, 0) is 45.2 Å². The maximum atomic E-state index is 12.1. The SMILES string of the molecule is O=C(NCC1(C(=O)O)CC1)N1CCC(N2CCCC2)C1. The van der Waals surface area contributed by atoms with E-state index in [2.05, 4.69) is 10.2 Å². The Morgan fingerprint density at radius 3 is 2.50 bits per heavy atom. The number of nitrogens with zero attached hydrogens (tertiary/aromatic N) is 2. The molecule has 3 rings (SSSR count). The summed E-state index contributed by atoms with van der Waals surface area (Å²) >= 11 is 0. The standard InChI is InChI=1S/C14H23N3O3/c18-12(19)14(4-5-14)10-15-13(20)17-8-3-11(9-17)16-6-1-2-7-16/h11H,1-10H2,(H,15,20)(H,18,19). The van der Waals surface area contributed by atoms with Crippen LogP contribution in [0.1, 0.15) is 32.1 Å². The fraction of sp³-hybridized carbons (Fsp3) is 0.857. The lowest BCUT2D eigenvalue weighted by atomic mass is 10.1. The highest BCUT2D eigenvalue weighted by atomic mass is 16.4. The molecule has 20 heavy (non-hydrogen) atoms. The fourth-order valence-corrected chi connectivity index (χ4v) is 3.30. The molecule has 0 spiro atoms. The zero-order valence-electron chi connectivity index (χ0n) is 11.8. The highest BCUT2D eigenvalue weighted by Crippen LogP contribution is 2.45. The maximum Gasteiger partial charge on any atom is 0.317 e. The molecule has 0 radical (unpaired) electrons. The Morgan fingerprint density at radius 2 is 1.90 bits per heavy atom. The number of hydrogen-bond acceptors (Lipinski definition) is 3. The summed E-state index contributed by atoms with van der Waals surface area (Å²) in [6.07, 6.45) is 4.93. The number of carbonyl (C=O) groups excluding carboxylic acids is 1. The molecule has 6 nitrogen and oxygen atoms in total. The van der Waals surface area contributed by atoms with Crippen molar-refractivity contribution in [2.75, 3.05) is 32.7 Å². The van der Waals surface area contributed by atoms with Crippen molar-refractivity contribution >= 4 is 12.0 Å². The number of nitrogens with one attached hydrogen (secondary N) is 1. The molecular formula is C14H23N3O3. The highest BCUT2D eigenvalue weighted by molar-refractivity contribution is 5.80. The molecule has 2 heterocycles. The molecule has 1 aliphatic carbocycles. The van der Waals surface area contributed by atoms with Gasteiger partial charge >= 0.3 is 12.0 Å². The van der Waals surface area contributed by atoms with E-state index in [4.69, 9.17) is 5.11 Å². The predicted molar refractivity (Wildman–Crippen MR) is 73.5 cm³/mol. The minimum absolute atomic E-state index is 0.0979. The van der Waals surface area contributed by atoms with E-state index in [0.717, 1.165) is 32.6 Å². The van der Waals surface area contributed by atoms with Crippen molar-refractivity contribution in [2.45, 2.75) is 38.1 Å². The molecular weight excluding hydrogens is 258 g/mol. The van der Waals surface area contributed by atoms with Crippen LogP contribution in [-0.4, -0.2) is 65.7 Å². The van der Waals surface area contributed by atoms with Crippen molar-refractivity contribution in [1.82, 2.24) is 15.1 Å². The van der Waals surface area contributed by atoms with Gasteiger partial charge in [0, 0.05) is 25.7 Å². The van der Waals surface area contributed by atoms with E-state index in [0.29, 0.717) is 18.9 Å². The second-order valence-electron chi connectivity index (χ2n) is 6.38. The molecule has 0 aromatic carbocycles. The van der Waals surface area contributed by atoms with Crippen molar-refractivity contribution in [1.29, 1.82) is 0 Å². The minimum Gasteiger partial charge on any atom is -0.481 e. The lowest BCUT2D eigenvalue weighted by Crippen LogP contribution is -2.44. The van der Waals surface area contributed by atoms with Crippen molar-refractivity contribution < 1.29 is 14.7 Å². The topological polar surface area (TPSA) is 72.9 Å². The average Bonchev–Trinajstić information content (AvgIpc) is 2.87. The van der Waals surface area contributed by atoms with E-state index >= 15 is 0 Å². The molecule has 2 N–H and O–H groups in total. The summed E-state index contributed by atoms with van der Waals surface area (Å²) in [5.74, 6) is -0.783. The van der Waals surface area contributed by atoms with Crippen LogP contribution in [0.4, 0.5) is 4.79 Å². The van der Waals surface area contributed by atoms with E-state index in [9.17, 15) is 9.59 Å². The van der Waals surface area contributed by atoms with Gasteiger partial charge in [0.25, 0.3) is 0 Å². The first-order valence-corrected chi connectivity index (χ1v) is 7.61. The summed E-state index contributed by atoms with van der Waals surface area (Å²) in [6, 6.07) is 0.400. The molecule has 1 unspecified atom stereocenters. The summed E-state index contributed by atoms with van der Waals surface area (Å²) < 4.78 is 0. The van der Waals surface area contributed by atoms with Gasteiger partial charge in [-0.25, -0.2) is 4.79 Å². The maximum absolute atomic E-state index is 12.1. The van der Waals surface area contributed by atoms with Crippen molar-refractivity contribution in [3.63, 3.8) is 0 Å². The molecule has 3 fully saturated rings. The Kier molecular flexibility index (Phi) is 3.58. The largest absolute Gasteiger partial charge is 0.481 e. The van der Waals surface area contributed by atoms with Gasteiger partial charge in [-0.3, -0.25) is 9.69 Å². The molecule has 1 atom stereocenters. The number of rotatable bonds is 4. The quantitative estimate of drug-likeness (QED) is 0.797. The molecule has 2 amide bonds. The van der Waals surface area contributed by atoms with Crippen LogP contribution in [-0.2, 0) is 4.79 Å². The molecule has 6 heteroatoms. The number of aliphatic carboxylic acids is 1. The number of carboxylic acid groups (broad SMARTS) is 1. The number of carbonyl (C=O) groups is 2. The second kappa shape index (κ2) is 5.24. The lowest BCUT2D eigenvalue weighted by Gasteiger charge is -2.24. The third-order valence-electron chi connectivity index (χ3n) is 4.99. The van der Waals surface area contributed by atoms with Crippen molar-refractivity contribution in [3.05, 3.63) is 0 Å². The first kappa shape index (κ1) is 13.7. The van der Waals surface area contributed by atoms with E-state index in [-0.39, 0.29) is 12.6 Å². The molecule has 112 valence electrons. The van der Waals surface area contributed by atoms with Crippen LogP contribution in [0.5, 0.6) is 0 Å². The van der Waals surface area contributed by atoms with Gasteiger partial charge in [0.2, 0.25) is 0 Å². The van der Waals surface area contributed by atoms with Crippen LogP contribution >= 0.6 is 0 Å². The zero-order chi connectivity index (χ0) is 14.2. The number of carboxylic acids is 1. The normalized spacial score (nSPS) is 28.6. The first-order valence-electron chi connectivity index (χ1n) is 7.61. The summed E-state index contributed by atoms with van der Waals surface area (Å²) in [6.45, 7) is 4.15. The number of likely N-dealkylation sites (tertiary alicyclic amines) is 2. The van der Waals surface area contributed by atoms with Crippen LogP contribution in [0.2, 0.25) is 0 Å². The summed E-state index contributed by atoms with van der Waals surface area (Å²) in [7, 11) is 0. The van der Waals surface area contributed by atoms with E-state index in [1.54, 1.807) is 0 Å². The molecule has 3 aliphatic rings. The van der Waals surface area contributed by atoms with Gasteiger partial charge < -0.3 is 15.3 Å². The van der Waals surface area contributed by atoms with Gasteiger partial charge in [0.05, 0.1) is 5.41 Å². The highest BCUT2D eigenvalue weighted by Gasteiger charge is 2.50.